The number of hydrogen-bond acceptors (Lipinski definition) is 3. The van der Waals surface area contributed by atoms with Gasteiger partial charge in [0, 0.05) is 34.6 Å². The quantitative estimate of drug-likeness (QED) is 0.832. The summed E-state index contributed by atoms with van der Waals surface area (Å²) in [5, 5.41) is 2.65. The second-order valence-corrected chi connectivity index (χ2v) is 6.66. The van der Waals surface area contributed by atoms with E-state index in [1.165, 1.54) is 0 Å². The highest BCUT2D eigenvalue weighted by Crippen LogP contribution is 2.32. The van der Waals surface area contributed by atoms with Crippen LogP contribution in [0.4, 0.5) is 11.4 Å². The number of rotatable bonds is 3. The molecule has 0 saturated carbocycles. The first-order valence-electron chi connectivity index (χ1n) is 7.06. The molecule has 3 rings (SSSR count). The van der Waals surface area contributed by atoms with Crippen molar-refractivity contribution in [1.82, 2.24) is 0 Å². The molecule has 0 saturated heterocycles. The number of amides is 1. The number of thiophene rings is 1. The van der Waals surface area contributed by atoms with Gasteiger partial charge in [-0.1, -0.05) is 17.7 Å². The van der Waals surface area contributed by atoms with E-state index in [1.54, 1.807) is 11.3 Å². The van der Waals surface area contributed by atoms with E-state index in [-0.39, 0.29) is 18.3 Å². The fourth-order valence-corrected chi connectivity index (χ4v) is 3.84. The maximum atomic E-state index is 12.5. The number of aryl methyl sites for hydroxylation is 1. The summed E-state index contributed by atoms with van der Waals surface area (Å²) in [5.74, 6) is 0.158. The molecule has 2 N–H and O–H groups in total. The molecule has 6 heteroatoms. The smallest absolute Gasteiger partial charge is 0.227 e. The molecule has 0 atom stereocenters. The van der Waals surface area contributed by atoms with Crippen molar-refractivity contribution >= 4 is 52.6 Å². The van der Waals surface area contributed by atoms with E-state index in [4.69, 9.17) is 17.3 Å². The van der Waals surface area contributed by atoms with Crippen LogP contribution in [-0.4, -0.2) is 12.5 Å². The standard InChI is InChI=1S/C16H17ClN2OS.ClH/c17-11-9-12(21-10-11)6-7-16(20)19-8-2-3-13-14(18)4-1-5-15(13)19;/h1,4-5,9-10H,2-3,6-8,18H2;1H. The molecule has 1 aromatic carbocycles. The second kappa shape index (κ2) is 7.36. The predicted molar refractivity (Wildman–Crippen MR) is 96.4 cm³/mol. The summed E-state index contributed by atoms with van der Waals surface area (Å²) in [5.41, 5.74) is 8.90. The summed E-state index contributed by atoms with van der Waals surface area (Å²) < 4.78 is 0. The zero-order valence-corrected chi connectivity index (χ0v) is 14.4. The van der Waals surface area contributed by atoms with Crippen LogP contribution in [0.5, 0.6) is 0 Å². The van der Waals surface area contributed by atoms with Crippen LogP contribution in [0, 0.1) is 0 Å². The van der Waals surface area contributed by atoms with Gasteiger partial charge >= 0.3 is 0 Å². The lowest BCUT2D eigenvalue weighted by Crippen LogP contribution is -2.35. The monoisotopic (exact) mass is 356 g/mol. The van der Waals surface area contributed by atoms with E-state index in [2.05, 4.69) is 0 Å². The minimum Gasteiger partial charge on any atom is -0.398 e. The summed E-state index contributed by atoms with van der Waals surface area (Å²) in [7, 11) is 0. The summed E-state index contributed by atoms with van der Waals surface area (Å²) in [6, 6.07) is 7.74. The number of carbonyl (C=O) groups excluding carboxylic acids is 1. The Hall–Kier alpha value is -1.23. The zero-order chi connectivity index (χ0) is 14.8. The lowest BCUT2D eigenvalue weighted by Gasteiger charge is -2.30. The predicted octanol–water partition coefficient (Wildman–Crippen LogP) is 4.32. The first-order chi connectivity index (χ1) is 10.1. The number of nitrogen functional groups attached to an aromatic ring is 1. The third kappa shape index (κ3) is 3.57. The van der Waals surface area contributed by atoms with Gasteiger partial charge in [0.05, 0.1) is 5.02 Å². The third-order valence-corrected chi connectivity index (χ3v) is 5.14. The van der Waals surface area contributed by atoms with Gasteiger partial charge in [0.1, 0.15) is 0 Å². The van der Waals surface area contributed by atoms with Crippen LogP contribution in [0.3, 0.4) is 0 Å². The number of hydrogen-bond donors (Lipinski definition) is 1. The second-order valence-electron chi connectivity index (χ2n) is 5.23. The van der Waals surface area contributed by atoms with E-state index in [1.807, 2.05) is 34.5 Å². The van der Waals surface area contributed by atoms with Crippen molar-refractivity contribution in [3.05, 3.63) is 45.1 Å². The summed E-state index contributed by atoms with van der Waals surface area (Å²) in [6.45, 7) is 0.778. The van der Waals surface area contributed by atoms with Gasteiger partial charge in [-0.25, -0.2) is 0 Å². The van der Waals surface area contributed by atoms with E-state index in [0.717, 1.165) is 52.6 Å². The highest BCUT2D eigenvalue weighted by atomic mass is 35.5. The van der Waals surface area contributed by atoms with E-state index in [9.17, 15) is 4.79 Å². The molecule has 1 aromatic heterocycles. The molecular weight excluding hydrogens is 339 g/mol. The van der Waals surface area contributed by atoms with Crippen molar-refractivity contribution in [2.24, 2.45) is 0 Å². The van der Waals surface area contributed by atoms with Crippen molar-refractivity contribution in [1.29, 1.82) is 0 Å². The largest absolute Gasteiger partial charge is 0.398 e. The van der Waals surface area contributed by atoms with Crippen molar-refractivity contribution in [2.75, 3.05) is 17.2 Å². The molecule has 0 fully saturated rings. The first kappa shape index (κ1) is 17.1. The minimum atomic E-state index is 0. The van der Waals surface area contributed by atoms with Gasteiger partial charge in [-0.2, -0.15) is 0 Å². The van der Waals surface area contributed by atoms with Crippen LogP contribution >= 0.6 is 35.3 Å². The molecule has 118 valence electrons. The number of anilines is 2. The van der Waals surface area contributed by atoms with Gasteiger partial charge in [0.25, 0.3) is 0 Å². The minimum absolute atomic E-state index is 0. The normalized spacial score (nSPS) is 13.4. The van der Waals surface area contributed by atoms with Gasteiger partial charge in [-0.05, 0) is 43.0 Å². The summed E-state index contributed by atoms with van der Waals surface area (Å²) in [4.78, 5) is 15.5. The third-order valence-electron chi connectivity index (χ3n) is 3.79. The first-order valence-corrected chi connectivity index (χ1v) is 8.31. The Labute approximate surface area is 145 Å². The van der Waals surface area contributed by atoms with Crippen LogP contribution in [-0.2, 0) is 17.6 Å². The molecule has 22 heavy (non-hydrogen) atoms. The topological polar surface area (TPSA) is 46.3 Å². The Bertz CT molecular complexity index is 672. The number of nitrogens with two attached hydrogens (primary N) is 1. The summed E-state index contributed by atoms with van der Waals surface area (Å²) in [6.07, 6.45) is 3.17. The molecular formula is C16H18Cl2N2OS. The maximum Gasteiger partial charge on any atom is 0.227 e. The maximum absolute atomic E-state index is 12.5. The Kier molecular flexibility index (Phi) is 5.73. The van der Waals surface area contributed by atoms with Crippen LogP contribution in [0.1, 0.15) is 23.3 Å². The molecule has 0 bridgehead atoms. The van der Waals surface area contributed by atoms with Gasteiger partial charge in [0.15, 0.2) is 0 Å². The molecule has 1 aliphatic rings. The molecule has 1 amide bonds. The molecule has 0 unspecified atom stereocenters. The lowest BCUT2D eigenvalue weighted by atomic mass is 9.99. The summed E-state index contributed by atoms with van der Waals surface area (Å²) >= 11 is 7.51. The molecule has 1 aliphatic heterocycles. The Morgan fingerprint density at radius 1 is 1.41 bits per heavy atom. The van der Waals surface area contributed by atoms with Crippen molar-refractivity contribution in [3.63, 3.8) is 0 Å². The Morgan fingerprint density at radius 3 is 2.95 bits per heavy atom. The highest BCUT2D eigenvalue weighted by molar-refractivity contribution is 7.10. The Morgan fingerprint density at radius 2 is 2.23 bits per heavy atom. The molecule has 0 spiro atoms. The fraction of sp³-hybridized carbons (Fsp3) is 0.312. The molecule has 0 aliphatic carbocycles. The molecule has 2 aromatic rings. The van der Waals surface area contributed by atoms with Crippen LogP contribution in [0.2, 0.25) is 5.02 Å². The van der Waals surface area contributed by atoms with Crippen molar-refractivity contribution in [2.45, 2.75) is 25.7 Å². The SMILES string of the molecule is Cl.Nc1cccc2c1CCCN2C(=O)CCc1cc(Cl)cs1. The van der Waals surface area contributed by atoms with Gasteiger partial charge < -0.3 is 10.6 Å². The van der Waals surface area contributed by atoms with E-state index >= 15 is 0 Å². The van der Waals surface area contributed by atoms with Gasteiger partial charge in [-0.3, -0.25) is 4.79 Å². The van der Waals surface area contributed by atoms with E-state index < -0.39 is 0 Å². The molecule has 3 nitrogen and oxygen atoms in total. The number of nitrogens with zero attached hydrogens (tertiary/aromatic N) is 1. The molecule has 2 heterocycles. The average Bonchev–Trinajstić information content (AvgIpc) is 2.90. The van der Waals surface area contributed by atoms with Crippen LogP contribution in [0.25, 0.3) is 0 Å². The van der Waals surface area contributed by atoms with Crippen LogP contribution < -0.4 is 10.6 Å². The lowest BCUT2D eigenvalue weighted by molar-refractivity contribution is -0.118. The van der Waals surface area contributed by atoms with Crippen molar-refractivity contribution in [3.8, 4) is 0 Å². The number of benzene rings is 1. The van der Waals surface area contributed by atoms with Gasteiger partial charge in [0.2, 0.25) is 5.91 Å². The number of carbonyl (C=O) groups is 1. The fourth-order valence-electron chi connectivity index (χ4n) is 2.76. The molecule has 0 radical (unpaired) electrons. The van der Waals surface area contributed by atoms with Crippen LogP contribution in [0.15, 0.2) is 29.6 Å². The Balaban J connectivity index is 0.00000176. The zero-order valence-electron chi connectivity index (χ0n) is 12.0. The number of fused-ring (bicyclic) bond motifs is 1. The van der Waals surface area contributed by atoms with E-state index in [0.29, 0.717) is 6.42 Å². The van der Waals surface area contributed by atoms with Crippen molar-refractivity contribution < 1.29 is 4.79 Å². The number of halogens is 2. The average molecular weight is 357 g/mol. The highest BCUT2D eigenvalue weighted by Gasteiger charge is 2.23. The van der Waals surface area contributed by atoms with Gasteiger partial charge in [-0.15, -0.1) is 23.7 Å².